The van der Waals surface area contributed by atoms with Crippen molar-refractivity contribution in [1.29, 1.82) is 0 Å². The van der Waals surface area contributed by atoms with Crippen molar-refractivity contribution < 1.29 is 84.4 Å². The zero-order valence-corrected chi connectivity index (χ0v) is 37.5. The molecule has 0 aromatic carbocycles. The van der Waals surface area contributed by atoms with Crippen LogP contribution in [0.5, 0.6) is 0 Å². The fourth-order valence-electron chi connectivity index (χ4n) is 7.82. The molecule has 18 heteroatoms. The van der Waals surface area contributed by atoms with Gasteiger partial charge in [0.1, 0.15) is 23.9 Å². The second-order valence-corrected chi connectivity index (χ2v) is 17.4. The van der Waals surface area contributed by atoms with Gasteiger partial charge in [0.25, 0.3) is 0 Å². The van der Waals surface area contributed by atoms with Gasteiger partial charge in [0.05, 0.1) is 73.5 Å². The van der Waals surface area contributed by atoms with Crippen molar-refractivity contribution in [2.45, 2.75) is 170 Å². The number of aliphatic carboxylic acids is 1. The molecular weight excluding hydrogens is 851 g/mol. The normalized spacial score (nSPS) is 40.9. The molecule has 3 heterocycles. The van der Waals surface area contributed by atoms with E-state index < -0.39 is 147 Å². The number of ketones is 1. The van der Waals surface area contributed by atoms with Crippen LogP contribution in [0.15, 0.2) is 85.1 Å². The number of aliphatic hydroxyl groups is 9. The number of esters is 1. The predicted molar refractivity (Wildman–Crippen MR) is 236 cm³/mol. The van der Waals surface area contributed by atoms with E-state index in [2.05, 4.69) is 0 Å². The number of nitrogens with two attached hydrogens (primary N) is 1. The first-order valence-corrected chi connectivity index (χ1v) is 22.2. The zero-order valence-electron chi connectivity index (χ0n) is 37.5. The number of hydrogen-bond donors (Lipinski definition) is 11. The van der Waals surface area contributed by atoms with Crippen LogP contribution in [0.2, 0.25) is 0 Å². The Bertz CT molecular complexity index is 1710. The zero-order chi connectivity index (χ0) is 48.4. The number of carbonyl (C=O) groups excluding carboxylic acids is 2. The lowest BCUT2D eigenvalue weighted by Crippen LogP contribution is -2.61. The Hall–Kier alpha value is -3.73. The number of cyclic esters (lactones) is 1. The highest BCUT2D eigenvalue weighted by Gasteiger charge is 2.51. The van der Waals surface area contributed by atoms with Crippen molar-refractivity contribution in [1.82, 2.24) is 0 Å². The summed E-state index contributed by atoms with van der Waals surface area (Å²) in [4.78, 5) is 37.8. The molecule has 0 spiro atoms. The van der Waals surface area contributed by atoms with Crippen molar-refractivity contribution in [3.05, 3.63) is 85.1 Å². The van der Waals surface area contributed by atoms with Crippen LogP contribution in [0.1, 0.15) is 79.1 Å². The topological polar surface area (TPSA) is 316 Å². The van der Waals surface area contributed by atoms with Gasteiger partial charge in [-0.2, -0.15) is 0 Å². The van der Waals surface area contributed by atoms with Crippen molar-refractivity contribution in [2.75, 3.05) is 0 Å². The Morgan fingerprint density at radius 1 is 0.692 bits per heavy atom. The summed E-state index contributed by atoms with van der Waals surface area (Å²) in [7, 11) is 0. The number of hydrogen-bond acceptors (Lipinski definition) is 17. The van der Waals surface area contributed by atoms with Crippen LogP contribution >= 0.6 is 0 Å². The summed E-state index contributed by atoms with van der Waals surface area (Å²) in [6.45, 7) is 6.70. The lowest BCUT2D eigenvalue weighted by Gasteiger charge is -2.45. The third kappa shape index (κ3) is 18.5. The molecule has 0 radical (unpaired) electrons. The maximum absolute atomic E-state index is 12.7. The molecule has 18 unspecified atom stereocenters. The molecule has 366 valence electrons. The van der Waals surface area contributed by atoms with Crippen LogP contribution < -0.4 is 5.73 Å². The molecule has 2 bridgehead atoms. The lowest BCUT2D eigenvalue weighted by atomic mass is 9.82. The Balaban J connectivity index is 1.86. The second-order valence-electron chi connectivity index (χ2n) is 17.4. The number of aliphatic hydroxyl groups excluding tert-OH is 8. The second kappa shape index (κ2) is 27.2. The number of allylic oxidation sites excluding steroid dienone is 12. The van der Waals surface area contributed by atoms with Crippen LogP contribution in [0, 0.1) is 17.8 Å². The molecule has 0 aromatic heterocycles. The van der Waals surface area contributed by atoms with Gasteiger partial charge in [-0.3, -0.25) is 14.4 Å². The highest BCUT2D eigenvalue weighted by atomic mass is 16.7. The number of carboxylic acids is 1. The van der Waals surface area contributed by atoms with Gasteiger partial charge < -0.3 is 75.7 Å². The van der Waals surface area contributed by atoms with E-state index in [1.807, 2.05) is 13.0 Å². The highest BCUT2D eigenvalue weighted by molar-refractivity contribution is 5.78. The maximum atomic E-state index is 12.7. The minimum atomic E-state index is -2.38. The minimum Gasteiger partial charge on any atom is -0.481 e. The van der Waals surface area contributed by atoms with Crippen LogP contribution in [-0.4, -0.2) is 160 Å². The first-order chi connectivity index (χ1) is 30.6. The summed E-state index contributed by atoms with van der Waals surface area (Å²) in [5, 5.41) is 107. The van der Waals surface area contributed by atoms with Crippen molar-refractivity contribution in [2.24, 2.45) is 23.5 Å². The van der Waals surface area contributed by atoms with Gasteiger partial charge in [-0.05, 0) is 20.3 Å². The van der Waals surface area contributed by atoms with E-state index >= 15 is 0 Å². The highest BCUT2D eigenvalue weighted by Crippen LogP contribution is 2.38. The monoisotopic (exact) mass is 921 g/mol. The van der Waals surface area contributed by atoms with E-state index in [1.165, 1.54) is 13.0 Å². The molecule has 2 fully saturated rings. The van der Waals surface area contributed by atoms with Gasteiger partial charge in [-0.25, -0.2) is 0 Å². The summed E-state index contributed by atoms with van der Waals surface area (Å²) in [5.41, 5.74) is 6.01. The molecule has 0 saturated carbocycles. The van der Waals surface area contributed by atoms with Gasteiger partial charge in [0.15, 0.2) is 12.1 Å². The average Bonchev–Trinajstić information content (AvgIpc) is 3.21. The molecule has 0 aromatic rings. The maximum Gasteiger partial charge on any atom is 0.311 e. The summed E-state index contributed by atoms with van der Waals surface area (Å²) >= 11 is 0. The molecule has 65 heavy (non-hydrogen) atoms. The third-order valence-electron chi connectivity index (χ3n) is 11.9. The van der Waals surface area contributed by atoms with E-state index in [9.17, 15) is 65.4 Å². The Labute approximate surface area is 380 Å². The number of carboxylic acid groups (broad SMARTS) is 1. The molecule has 12 N–H and O–H groups in total. The van der Waals surface area contributed by atoms with Crippen LogP contribution in [0.3, 0.4) is 0 Å². The van der Waals surface area contributed by atoms with Crippen molar-refractivity contribution in [3.8, 4) is 0 Å². The van der Waals surface area contributed by atoms with Gasteiger partial charge in [0, 0.05) is 50.4 Å². The Kier molecular flexibility index (Phi) is 23.2. The largest absolute Gasteiger partial charge is 0.481 e. The fraction of sp³-hybridized carbons (Fsp3) is 0.638. The Morgan fingerprint density at radius 3 is 1.82 bits per heavy atom. The van der Waals surface area contributed by atoms with Crippen LogP contribution in [-0.2, 0) is 33.3 Å². The van der Waals surface area contributed by atoms with Gasteiger partial charge in [-0.15, -0.1) is 0 Å². The van der Waals surface area contributed by atoms with E-state index in [4.69, 9.17) is 24.7 Å². The standard InChI is InChI=1S/C47H71NO17/c1-27-17-15-13-11-9-7-5-6-8-10-12-14-16-18-34(64-46-44(58)41(48)43(57)30(4)63-46)24-38-40(45(59)60)37(54)26-47(61,65-38)25-36(53)35(52)20-19-31(49)21-32(50)22-33(51)23-39(55)62-29(3)28(2)42(27)56/h5-18,27-30,32-38,40-44,46,50-54,56-58,61H,19-26,48H2,1-4H3,(H,59,60). The molecule has 3 aliphatic heterocycles. The number of rotatable bonds is 3. The summed E-state index contributed by atoms with van der Waals surface area (Å²) < 4.78 is 23.1. The molecule has 0 amide bonds. The van der Waals surface area contributed by atoms with Gasteiger partial charge in [0.2, 0.25) is 0 Å². The molecule has 3 rings (SSSR count). The summed E-state index contributed by atoms with van der Waals surface area (Å²) in [5.74, 6) is -7.51. The van der Waals surface area contributed by atoms with E-state index in [1.54, 1.807) is 86.8 Å². The predicted octanol–water partition coefficient (Wildman–Crippen LogP) is 0.920. The van der Waals surface area contributed by atoms with Gasteiger partial charge >= 0.3 is 11.9 Å². The molecule has 2 saturated heterocycles. The number of carbonyl (C=O) groups is 3. The van der Waals surface area contributed by atoms with Crippen molar-refractivity contribution in [3.63, 3.8) is 0 Å². The van der Waals surface area contributed by atoms with E-state index in [-0.39, 0.29) is 31.6 Å². The number of Topliss-reactive ketones (excluding diaryl/α,β-unsaturated/α-hetero) is 1. The molecule has 0 aliphatic carbocycles. The minimum absolute atomic E-state index is 0.291. The van der Waals surface area contributed by atoms with Crippen molar-refractivity contribution >= 4 is 17.7 Å². The third-order valence-corrected chi connectivity index (χ3v) is 11.9. The van der Waals surface area contributed by atoms with Crippen LogP contribution in [0.25, 0.3) is 0 Å². The smallest absolute Gasteiger partial charge is 0.311 e. The average molecular weight is 922 g/mol. The van der Waals surface area contributed by atoms with Crippen LogP contribution in [0.4, 0.5) is 0 Å². The number of ether oxygens (including phenoxy) is 4. The molecule has 18 atom stereocenters. The summed E-state index contributed by atoms with van der Waals surface area (Å²) in [6, 6.07) is -1.15. The first kappa shape index (κ1) is 55.6. The summed E-state index contributed by atoms with van der Waals surface area (Å²) in [6.07, 6.45) is 3.67. The first-order valence-electron chi connectivity index (χ1n) is 22.2. The van der Waals surface area contributed by atoms with E-state index in [0.717, 1.165) is 0 Å². The number of fused-ring (bicyclic) bond motifs is 2. The van der Waals surface area contributed by atoms with Gasteiger partial charge in [-0.1, -0.05) is 98.9 Å². The molecular formula is C47H71NO17. The quantitative estimate of drug-likeness (QED) is 0.175. The molecule has 18 nitrogen and oxygen atoms in total. The van der Waals surface area contributed by atoms with E-state index in [0.29, 0.717) is 0 Å². The Morgan fingerprint density at radius 2 is 1.23 bits per heavy atom. The fourth-order valence-corrected chi connectivity index (χ4v) is 7.82. The molecule has 3 aliphatic rings. The lowest BCUT2D eigenvalue weighted by molar-refractivity contribution is -0.310. The SMILES string of the molecule is CC1C=CC=CC=CC=CC=CC=CC=CC(OC2OC(C)C(O)C(N)C2O)CC2OC(O)(CC(O)C(O)CCC(=O)CC(O)CC(O)CC(=O)OC(C)C(C)C1O)CC(O)C2C(=O)O.